The molecule has 4 heteroatoms. The van der Waals surface area contributed by atoms with Crippen molar-refractivity contribution in [1.29, 1.82) is 0 Å². The smallest absolute Gasteiger partial charge is 0.137 e. The van der Waals surface area contributed by atoms with E-state index in [0.717, 1.165) is 0 Å². The minimum atomic E-state index is -0.389. The van der Waals surface area contributed by atoms with Crippen LogP contribution in [-0.2, 0) is 0 Å². The Labute approximate surface area is 120 Å². The summed E-state index contributed by atoms with van der Waals surface area (Å²) in [6.45, 7) is 0. The number of hydrogen-bond acceptors (Lipinski definition) is 1. The SMILES string of the molecule is CNC(c1cc(F)c(Br)cc1F)C1C2CCCCC21. The van der Waals surface area contributed by atoms with E-state index in [2.05, 4.69) is 21.2 Å². The number of benzene rings is 1. The van der Waals surface area contributed by atoms with Gasteiger partial charge in [0.2, 0.25) is 0 Å². The first-order chi connectivity index (χ1) is 9.13. The van der Waals surface area contributed by atoms with Crippen LogP contribution in [0.1, 0.15) is 37.3 Å². The van der Waals surface area contributed by atoms with E-state index in [1.807, 2.05) is 7.05 Å². The van der Waals surface area contributed by atoms with Crippen molar-refractivity contribution < 1.29 is 8.78 Å². The normalized spacial score (nSPS) is 30.8. The largest absolute Gasteiger partial charge is 0.313 e. The lowest BCUT2D eigenvalue weighted by Gasteiger charge is -2.18. The molecule has 19 heavy (non-hydrogen) atoms. The molecular weight excluding hydrogens is 312 g/mol. The van der Waals surface area contributed by atoms with Crippen molar-refractivity contribution in [3.8, 4) is 0 Å². The zero-order valence-electron chi connectivity index (χ0n) is 10.9. The number of hydrogen-bond donors (Lipinski definition) is 1. The minimum absolute atomic E-state index is 0.0595. The predicted octanol–water partition coefficient (Wildman–Crippen LogP) is 4.42. The van der Waals surface area contributed by atoms with Gasteiger partial charge in [-0.2, -0.15) is 0 Å². The minimum Gasteiger partial charge on any atom is -0.313 e. The van der Waals surface area contributed by atoms with E-state index in [-0.39, 0.29) is 22.1 Å². The fourth-order valence-corrected chi connectivity index (χ4v) is 4.19. The van der Waals surface area contributed by atoms with Crippen LogP contribution in [0.4, 0.5) is 8.78 Å². The van der Waals surface area contributed by atoms with Gasteiger partial charge in [-0.3, -0.25) is 0 Å². The number of rotatable bonds is 3. The summed E-state index contributed by atoms with van der Waals surface area (Å²) < 4.78 is 28.0. The summed E-state index contributed by atoms with van der Waals surface area (Å²) in [6.07, 6.45) is 5.05. The maximum Gasteiger partial charge on any atom is 0.137 e. The lowest BCUT2D eigenvalue weighted by atomic mass is 9.99. The Morgan fingerprint density at radius 3 is 2.37 bits per heavy atom. The summed E-state index contributed by atoms with van der Waals surface area (Å²) in [5.74, 6) is 1.17. The summed E-state index contributed by atoms with van der Waals surface area (Å²) in [4.78, 5) is 0. The molecule has 1 nitrogen and oxygen atoms in total. The van der Waals surface area contributed by atoms with Gasteiger partial charge in [0.15, 0.2) is 0 Å². The van der Waals surface area contributed by atoms with Crippen LogP contribution < -0.4 is 5.32 Å². The molecule has 0 radical (unpaired) electrons. The maximum absolute atomic E-state index is 14.1. The molecule has 2 aliphatic carbocycles. The van der Waals surface area contributed by atoms with Gasteiger partial charge in [-0.15, -0.1) is 0 Å². The van der Waals surface area contributed by atoms with Crippen molar-refractivity contribution in [1.82, 2.24) is 5.32 Å². The molecule has 0 aromatic heterocycles. The lowest BCUT2D eigenvalue weighted by Crippen LogP contribution is -2.21. The first-order valence-corrected chi connectivity index (χ1v) is 7.74. The standard InChI is InChI=1S/C15H18BrF2N/c1-19-15(14-8-4-2-3-5-9(8)14)10-6-13(18)11(16)7-12(10)17/h6-9,14-15,19H,2-5H2,1H3. The van der Waals surface area contributed by atoms with Crippen molar-refractivity contribution in [2.45, 2.75) is 31.7 Å². The van der Waals surface area contributed by atoms with E-state index in [4.69, 9.17) is 0 Å². The first kappa shape index (κ1) is 13.5. The van der Waals surface area contributed by atoms with E-state index in [9.17, 15) is 8.78 Å². The van der Waals surface area contributed by atoms with E-state index < -0.39 is 0 Å². The Hall–Kier alpha value is -0.480. The van der Waals surface area contributed by atoms with Crippen LogP contribution in [0.2, 0.25) is 0 Å². The van der Waals surface area contributed by atoms with Crippen LogP contribution >= 0.6 is 15.9 Å². The van der Waals surface area contributed by atoms with E-state index in [0.29, 0.717) is 23.3 Å². The zero-order valence-corrected chi connectivity index (χ0v) is 12.5. The van der Waals surface area contributed by atoms with E-state index in [1.54, 1.807) is 0 Å². The Bertz CT molecular complexity index is 479. The van der Waals surface area contributed by atoms with Gasteiger partial charge in [-0.1, -0.05) is 12.8 Å². The number of fused-ring (bicyclic) bond motifs is 1. The third-order valence-corrected chi connectivity index (χ3v) is 5.40. The van der Waals surface area contributed by atoms with Gasteiger partial charge in [0.05, 0.1) is 4.47 Å². The Balaban J connectivity index is 1.89. The third kappa shape index (κ3) is 2.33. The van der Waals surface area contributed by atoms with Crippen molar-refractivity contribution in [3.63, 3.8) is 0 Å². The van der Waals surface area contributed by atoms with Gasteiger partial charge in [0.1, 0.15) is 11.6 Å². The zero-order chi connectivity index (χ0) is 13.6. The third-order valence-electron chi connectivity index (χ3n) is 4.79. The molecule has 0 spiro atoms. The molecule has 1 aromatic rings. The second-order valence-electron chi connectivity index (χ2n) is 5.74. The predicted molar refractivity (Wildman–Crippen MR) is 74.8 cm³/mol. The molecule has 2 aliphatic rings. The Morgan fingerprint density at radius 1 is 1.16 bits per heavy atom. The van der Waals surface area contributed by atoms with Gasteiger partial charge in [-0.05, 0) is 65.7 Å². The molecule has 0 aliphatic heterocycles. The molecule has 3 atom stereocenters. The van der Waals surface area contributed by atoms with Crippen molar-refractivity contribution >= 4 is 15.9 Å². The molecule has 0 amide bonds. The molecule has 0 bridgehead atoms. The maximum atomic E-state index is 14.1. The monoisotopic (exact) mass is 329 g/mol. The van der Waals surface area contributed by atoms with E-state index in [1.165, 1.54) is 37.8 Å². The van der Waals surface area contributed by atoms with Crippen LogP contribution in [0.5, 0.6) is 0 Å². The Morgan fingerprint density at radius 2 is 1.79 bits per heavy atom. The van der Waals surface area contributed by atoms with Crippen LogP contribution in [0.25, 0.3) is 0 Å². The number of halogens is 3. The topological polar surface area (TPSA) is 12.0 Å². The molecule has 0 heterocycles. The van der Waals surface area contributed by atoms with Gasteiger partial charge in [0.25, 0.3) is 0 Å². The highest BCUT2D eigenvalue weighted by Gasteiger charge is 2.54. The average molecular weight is 330 g/mol. The van der Waals surface area contributed by atoms with E-state index >= 15 is 0 Å². The van der Waals surface area contributed by atoms with Crippen LogP contribution in [-0.4, -0.2) is 7.05 Å². The highest BCUT2D eigenvalue weighted by atomic mass is 79.9. The summed E-state index contributed by atoms with van der Waals surface area (Å²) in [6, 6.07) is 2.52. The average Bonchev–Trinajstić information content (AvgIpc) is 3.11. The fourth-order valence-electron chi connectivity index (χ4n) is 3.87. The first-order valence-electron chi connectivity index (χ1n) is 6.95. The Kier molecular flexibility index (Phi) is 3.65. The molecule has 3 rings (SSSR count). The molecule has 1 aromatic carbocycles. The fraction of sp³-hybridized carbons (Fsp3) is 0.600. The summed E-state index contributed by atoms with van der Waals surface area (Å²) >= 11 is 3.03. The van der Waals surface area contributed by atoms with Gasteiger partial charge in [0, 0.05) is 11.6 Å². The van der Waals surface area contributed by atoms with Crippen molar-refractivity contribution in [3.05, 3.63) is 33.8 Å². The summed E-state index contributed by atoms with van der Waals surface area (Å²) in [7, 11) is 1.84. The lowest BCUT2D eigenvalue weighted by molar-refractivity contribution is 0.452. The molecule has 104 valence electrons. The second-order valence-corrected chi connectivity index (χ2v) is 6.60. The van der Waals surface area contributed by atoms with Gasteiger partial charge in [-0.25, -0.2) is 8.78 Å². The second kappa shape index (κ2) is 5.13. The highest BCUT2D eigenvalue weighted by Crippen LogP contribution is 2.60. The molecular formula is C15H18BrF2N. The summed E-state index contributed by atoms with van der Waals surface area (Å²) in [5.41, 5.74) is 0.475. The molecule has 2 fully saturated rings. The molecule has 1 N–H and O–H groups in total. The van der Waals surface area contributed by atoms with Crippen LogP contribution in [0.3, 0.4) is 0 Å². The highest BCUT2D eigenvalue weighted by molar-refractivity contribution is 9.10. The molecule has 2 saturated carbocycles. The van der Waals surface area contributed by atoms with Gasteiger partial charge >= 0.3 is 0 Å². The van der Waals surface area contributed by atoms with Gasteiger partial charge < -0.3 is 5.32 Å². The number of nitrogens with one attached hydrogen (secondary N) is 1. The molecule has 3 unspecified atom stereocenters. The molecule has 0 saturated heterocycles. The summed E-state index contributed by atoms with van der Waals surface area (Å²) in [5, 5.41) is 3.20. The van der Waals surface area contributed by atoms with Crippen LogP contribution in [0, 0.1) is 29.4 Å². The van der Waals surface area contributed by atoms with Crippen LogP contribution in [0.15, 0.2) is 16.6 Å². The quantitative estimate of drug-likeness (QED) is 0.809. The van der Waals surface area contributed by atoms with Crippen molar-refractivity contribution in [2.75, 3.05) is 7.05 Å². The van der Waals surface area contributed by atoms with Crippen molar-refractivity contribution in [2.24, 2.45) is 17.8 Å².